The highest BCUT2D eigenvalue weighted by Gasteiger charge is 2.15. The highest BCUT2D eigenvalue weighted by Crippen LogP contribution is 2.42. The van der Waals surface area contributed by atoms with Gasteiger partial charge in [-0.3, -0.25) is 0 Å². The van der Waals surface area contributed by atoms with Crippen molar-refractivity contribution < 1.29 is 28.5 Å². The van der Waals surface area contributed by atoms with Crippen molar-refractivity contribution >= 4 is 27.5 Å². The number of hydrogen-bond donors (Lipinski definition) is 0. The maximum atomic E-state index is 11.0. The Labute approximate surface area is 217 Å². The first-order chi connectivity index (χ1) is 18.3. The molecule has 4 rings (SSSR count). The molecular formula is C31H32O6. The lowest BCUT2D eigenvalue weighted by atomic mass is 10.0. The van der Waals surface area contributed by atoms with Gasteiger partial charge < -0.3 is 23.7 Å². The van der Waals surface area contributed by atoms with Crippen molar-refractivity contribution in [2.75, 3.05) is 46.2 Å². The summed E-state index contributed by atoms with van der Waals surface area (Å²) in [6, 6.07) is 26.7. The molecule has 0 aliphatic heterocycles. The topological polar surface area (TPSA) is 63.2 Å². The van der Waals surface area contributed by atoms with E-state index in [0.717, 1.165) is 45.5 Å². The van der Waals surface area contributed by atoms with E-state index in [2.05, 4.69) is 43.0 Å². The lowest BCUT2D eigenvalue weighted by molar-refractivity contribution is -0.139. The van der Waals surface area contributed by atoms with Crippen LogP contribution in [0.25, 0.3) is 21.5 Å². The first-order valence-corrected chi connectivity index (χ1v) is 12.5. The second-order valence-corrected chi connectivity index (χ2v) is 8.28. The molecular weight excluding hydrogens is 468 g/mol. The molecule has 0 heterocycles. The van der Waals surface area contributed by atoms with Crippen LogP contribution in [0.4, 0.5) is 0 Å². The summed E-state index contributed by atoms with van der Waals surface area (Å²) in [5.41, 5.74) is 1.25. The Kier molecular flexibility index (Phi) is 9.93. The second-order valence-electron chi connectivity index (χ2n) is 8.28. The van der Waals surface area contributed by atoms with Crippen LogP contribution in [0.3, 0.4) is 0 Å². The summed E-state index contributed by atoms with van der Waals surface area (Å²) in [5, 5.41) is 4.06. The third-order valence-corrected chi connectivity index (χ3v) is 5.80. The Balaban J connectivity index is 1.36. The Morgan fingerprint density at radius 2 is 1.05 bits per heavy atom. The second kappa shape index (κ2) is 14.0. The first-order valence-electron chi connectivity index (χ1n) is 12.5. The van der Waals surface area contributed by atoms with Gasteiger partial charge in [0.05, 0.1) is 33.0 Å². The molecule has 4 aromatic carbocycles. The maximum absolute atomic E-state index is 11.0. The van der Waals surface area contributed by atoms with E-state index in [4.69, 9.17) is 23.7 Å². The average Bonchev–Trinajstić information content (AvgIpc) is 2.95. The normalized spacial score (nSPS) is 10.9. The van der Waals surface area contributed by atoms with Gasteiger partial charge in [-0.2, -0.15) is 0 Å². The number of fused-ring (bicyclic) bond motifs is 2. The van der Waals surface area contributed by atoms with Crippen LogP contribution in [0.5, 0.6) is 11.5 Å². The average molecular weight is 501 g/mol. The monoisotopic (exact) mass is 500 g/mol. The molecule has 192 valence electrons. The molecule has 0 radical (unpaired) electrons. The molecule has 4 aromatic rings. The van der Waals surface area contributed by atoms with Crippen LogP contribution in [0, 0.1) is 0 Å². The van der Waals surface area contributed by atoms with E-state index < -0.39 is 5.97 Å². The summed E-state index contributed by atoms with van der Waals surface area (Å²) < 4.78 is 28.5. The predicted octanol–water partition coefficient (Wildman–Crippen LogP) is 5.76. The van der Waals surface area contributed by atoms with Gasteiger partial charge in [0.1, 0.15) is 24.7 Å². The van der Waals surface area contributed by atoms with Gasteiger partial charge in [-0.1, -0.05) is 85.4 Å². The van der Waals surface area contributed by atoms with Crippen LogP contribution in [0.1, 0.15) is 5.56 Å². The van der Waals surface area contributed by atoms with Crippen LogP contribution in [-0.2, 0) is 25.4 Å². The standard InChI is InChI=1S/C31H32O6/c1-2-29(32)35-22-20-33-18-19-34-21-23-37-31-27-14-8-6-12-25(27)30(26-13-7-9-15-28(26)31)36-17-16-24-10-4-3-5-11-24/h2-15H,1,16-23H2. The van der Waals surface area contributed by atoms with E-state index in [-0.39, 0.29) is 6.61 Å². The zero-order valence-corrected chi connectivity index (χ0v) is 20.9. The van der Waals surface area contributed by atoms with Crippen LogP contribution < -0.4 is 9.47 Å². The van der Waals surface area contributed by atoms with Crippen molar-refractivity contribution in [3.63, 3.8) is 0 Å². The molecule has 0 saturated carbocycles. The minimum absolute atomic E-state index is 0.195. The van der Waals surface area contributed by atoms with Crippen molar-refractivity contribution in [1.29, 1.82) is 0 Å². The Bertz CT molecular complexity index is 1240. The smallest absolute Gasteiger partial charge is 0.330 e. The third-order valence-electron chi connectivity index (χ3n) is 5.80. The number of benzene rings is 4. The molecule has 0 bridgehead atoms. The van der Waals surface area contributed by atoms with Crippen molar-refractivity contribution in [2.45, 2.75) is 6.42 Å². The summed E-state index contributed by atoms with van der Waals surface area (Å²) >= 11 is 0. The van der Waals surface area contributed by atoms with Gasteiger partial charge in [0.15, 0.2) is 0 Å². The molecule has 6 nitrogen and oxygen atoms in total. The van der Waals surface area contributed by atoms with E-state index in [1.807, 2.05) is 42.5 Å². The summed E-state index contributed by atoms with van der Waals surface area (Å²) in [5.74, 6) is 1.25. The van der Waals surface area contributed by atoms with Gasteiger partial charge in [-0.15, -0.1) is 0 Å². The van der Waals surface area contributed by atoms with Crippen molar-refractivity contribution in [3.05, 3.63) is 97.1 Å². The largest absolute Gasteiger partial charge is 0.492 e. The third kappa shape index (κ3) is 7.32. The van der Waals surface area contributed by atoms with E-state index in [1.165, 1.54) is 5.56 Å². The minimum atomic E-state index is -0.455. The van der Waals surface area contributed by atoms with Crippen LogP contribution in [0.2, 0.25) is 0 Å². The molecule has 0 aromatic heterocycles. The Morgan fingerprint density at radius 1 is 0.595 bits per heavy atom. The highest BCUT2D eigenvalue weighted by atomic mass is 16.6. The molecule has 0 fully saturated rings. The molecule has 37 heavy (non-hydrogen) atoms. The summed E-state index contributed by atoms with van der Waals surface area (Å²) in [6.07, 6.45) is 1.96. The van der Waals surface area contributed by atoms with E-state index in [1.54, 1.807) is 0 Å². The Hall–Kier alpha value is -3.87. The molecule has 0 amide bonds. The van der Waals surface area contributed by atoms with E-state index >= 15 is 0 Å². The van der Waals surface area contributed by atoms with Gasteiger partial charge in [0.25, 0.3) is 0 Å². The van der Waals surface area contributed by atoms with Gasteiger partial charge in [0, 0.05) is 34.0 Å². The predicted molar refractivity (Wildman–Crippen MR) is 145 cm³/mol. The van der Waals surface area contributed by atoms with Crippen LogP contribution in [-0.4, -0.2) is 52.2 Å². The summed E-state index contributed by atoms with van der Waals surface area (Å²) in [7, 11) is 0. The Morgan fingerprint density at radius 3 is 1.59 bits per heavy atom. The lowest BCUT2D eigenvalue weighted by Crippen LogP contribution is -2.14. The maximum Gasteiger partial charge on any atom is 0.330 e. The van der Waals surface area contributed by atoms with E-state index in [0.29, 0.717) is 39.6 Å². The number of rotatable bonds is 15. The van der Waals surface area contributed by atoms with Crippen LogP contribution in [0.15, 0.2) is 91.5 Å². The molecule has 0 aliphatic rings. The minimum Gasteiger partial charge on any atom is -0.492 e. The number of carbonyl (C=O) groups is 1. The van der Waals surface area contributed by atoms with Gasteiger partial charge >= 0.3 is 5.97 Å². The molecule has 0 aliphatic carbocycles. The van der Waals surface area contributed by atoms with Crippen molar-refractivity contribution in [1.82, 2.24) is 0 Å². The van der Waals surface area contributed by atoms with Crippen molar-refractivity contribution in [2.24, 2.45) is 0 Å². The van der Waals surface area contributed by atoms with Gasteiger partial charge in [-0.25, -0.2) is 4.79 Å². The number of hydrogen-bond acceptors (Lipinski definition) is 6. The highest BCUT2D eigenvalue weighted by molar-refractivity contribution is 6.11. The molecule has 0 atom stereocenters. The molecule has 0 N–H and O–H groups in total. The fraction of sp³-hybridized carbons (Fsp3) is 0.258. The van der Waals surface area contributed by atoms with Gasteiger partial charge in [-0.05, 0) is 5.56 Å². The SMILES string of the molecule is C=CC(=O)OCCOCCOCCOc1c2ccccc2c(OCCc2ccccc2)c2ccccc12. The number of ether oxygens (including phenoxy) is 5. The first kappa shape index (κ1) is 26.2. The lowest BCUT2D eigenvalue weighted by Gasteiger charge is -2.18. The zero-order chi connectivity index (χ0) is 25.7. The fourth-order valence-electron chi connectivity index (χ4n) is 4.06. The summed E-state index contributed by atoms with van der Waals surface area (Å²) in [6.45, 7) is 6.10. The fourth-order valence-corrected chi connectivity index (χ4v) is 4.06. The van der Waals surface area contributed by atoms with E-state index in [9.17, 15) is 4.79 Å². The van der Waals surface area contributed by atoms with Crippen molar-refractivity contribution in [3.8, 4) is 11.5 Å². The molecule has 0 spiro atoms. The number of esters is 1. The quantitative estimate of drug-likeness (QED) is 0.0896. The molecule has 0 saturated heterocycles. The number of carbonyl (C=O) groups excluding carboxylic acids is 1. The van der Waals surface area contributed by atoms with Crippen LogP contribution >= 0.6 is 0 Å². The molecule has 6 heteroatoms. The van der Waals surface area contributed by atoms with Gasteiger partial charge in [0.2, 0.25) is 0 Å². The summed E-state index contributed by atoms with van der Waals surface area (Å²) in [4.78, 5) is 11.0. The zero-order valence-electron chi connectivity index (χ0n) is 20.9. The molecule has 0 unspecified atom stereocenters.